The smallest absolute Gasteiger partial charge is 0.416 e. The van der Waals surface area contributed by atoms with Crippen molar-refractivity contribution in [3.8, 4) is 5.75 Å². The first-order valence-electron chi connectivity index (χ1n) is 8.39. The number of ether oxygens (including phenoxy) is 2. The van der Waals surface area contributed by atoms with Crippen LogP contribution < -0.4 is 4.74 Å². The van der Waals surface area contributed by atoms with Crippen molar-refractivity contribution in [3.63, 3.8) is 0 Å². The Hall–Kier alpha value is -2.54. The molecule has 0 atom stereocenters. The van der Waals surface area contributed by atoms with Crippen LogP contribution in [0.1, 0.15) is 28.7 Å². The first kappa shape index (κ1) is 19.2. The van der Waals surface area contributed by atoms with E-state index in [1.54, 1.807) is 31.2 Å². The van der Waals surface area contributed by atoms with Crippen molar-refractivity contribution in [1.29, 1.82) is 0 Å². The first-order valence-corrected chi connectivity index (χ1v) is 8.39. The second-order valence-electron chi connectivity index (χ2n) is 6.80. The molecule has 0 bridgehead atoms. The average Bonchev–Trinajstić information content (AvgIpc) is 2.57. The molecule has 1 fully saturated rings. The summed E-state index contributed by atoms with van der Waals surface area (Å²) in [5.74, 6) is -0.389. The lowest BCUT2D eigenvalue weighted by molar-refractivity contribution is -0.145. The molecule has 27 heavy (non-hydrogen) atoms. The Morgan fingerprint density at radius 2 is 1.85 bits per heavy atom. The van der Waals surface area contributed by atoms with E-state index in [0.29, 0.717) is 30.1 Å². The Bertz CT molecular complexity index is 824. The molecule has 1 aliphatic rings. The third-order valence-electron chi connectivity index (χ3n) is 4.78. The highest BCUT2D eigenvalue weighted by molar-refractivity contribution is 5.69. The maximum Gasteiger partial charge on any atom is 0.416 e. The molecule has 1 aliphatic heterocycles. The fourth-order valence-electron chi connectivity index (χ4n) is 3.08. The van der Waals surface area contributed by atoms with Crippen molar-refractivity contribution >= 4 is 5.97 Å². The maximum atomic E-state index is 12.9. The Morgan fingerprint density at radius 1 is 1.19 bits per heavy atom. The number of hydrogen-bond acceptors (Lipinski definition) is 3. The number of carboxylic acid groups (broad SMARTS) is 1. The highest BCUT2D eigenvalue weighted by Crippen LogP contribution is 2.36. The third-order valence-corrected chi connectivity index (χ3v) is 4.78. The van der Waals surface area contributed by atoms with E-state index in [4.69, 9.17) is 14.6 Å². The summed E-state index contributed by atoms with van der Waals surface area (Å²) in [6.07, 6.45) is -4.41. The second-order valence-corrected chi connectivity index (χ2v) is 6.80. The Kier molecular flexibility index (Phi) is 5.15. The zero-order valence-corrected chi connectivity index (χ0v) is 14.7. The van der Waals surface area contributed by atoms with Gasteiger partial charge in [0.15, 0.2) is 0 Å². The van der Waals surface area contributed by atoms with Gasteiger partial charge in [0, 0.05) is 0 Å². The van der Waals surface area contributed by atoms with Gasteiger partial charge in [0.25, 0.3) is 0 Å². The van der Waals surface area contributed by atoms with Gasteiger partial charge >= 0.3 is 12.1 Å². The molecule has 0 amide bonds. The maximum absolute atomic E-state index is 12.9. The van der Waals surface area contributed by atoms with Crippen LogP contribution >= 0.6 is 0 Å². The minimum atomic E-state index is -4.40. The summed E-state index contributed by atoms with van der Waals surface area (Å²) in [6.45, 7) is 2.44. The number of halogens is 3. The molecule has 0 spiro atoms. The second kappa shape index (κ2) is 7.23. The molecule has 3 rings (SSSR count). The lowest BCUT2D eigenvalue weighted by Gasteiger charge is -2.40. The predicted molar refractivity (Wildman–Crippen MR) is 91.7 cm³/mol. The van der Waals surface area contributed by atoms with E-state index in [2.05, 4.69) is 0 Å². The lowest BCUT2D eigenvalue weighted by atomic mass is 9.76. The molecule has 1 saturated heterocycles. The molecule has 144 valence electrons. The minimum absolute atomic E-state index is 0.0124. The van der Waals surface area contributed by atoms with Crippen LogP contribution in [0.3, 0.4) is 0 Å². The summed E-state index contributed by atoms with van der Waals surface area (Å²) in [5, 5.41) is 9.09. The van der Waals surface area contributed by atoms with Crippen LogP contribution in [0.15, 0.2) is 42.5 Å². The molecule has 1 heterocycles. The summed E-state index contributed by atoms with van der Waals surface area (Å²) in [5.41, 5.74) is 0.791. The fraction of sp³-hybridized carbons (Fsp3) is 0.350. The summed E-state index contributed by atoms with van der Waals surface area (Å²) >= 11 is 0. The predicted octanol–water partition coefficient (Wildman–Crippen LogP) is 4.34. The van der Waals surface area contributed by atoms with Gasteiger partial charge < -0.3 is 14.6 Å². The number of carbonyl (C=O) groups is 1. The molecular weight excluding hydrogens is 361 g/mol. The van der Waals surface area contributed by atoms with Gasteiger partial charge in [0.1, 0.15) is 12.4 Å². The van der Waals surface area contributed by atoms with Gasteiger partial charge in [0.05, 0.1) is 30.6 Å². The van der Waals surface area contributed by atoms with Gasteiger partial charge in [0.2, 0.25) is 0 Å². The monoisotopic (exact) mass is 380 g/mol. The molecule has 0 aliphatic carbocycles. The number of benzene rings is 2. The Balaban J connectivity index is 1.70. The van der Waals surface area contributed by atoms with E-state index in [1.165, 1.54) is 6.07 Å². The van der Waals surface area contributed by atoms with Crippen LogP contribution in [0.2, 0.25) is 0 Å². The standard InChI is InChI=1S/C20H19F3O4/c1-13-2-3-16(20(21,22)23)8-14(13)10-27-17-6-4-15(5-7-17)19(9-18(24)25)11-26-12-19/h2-8H,9-12H2,1H3,(H,24,25). The first-order chi connectivity index (χ1) is 12.7. The van der Waals surface area contributed by atoms with Gasteiger partial charge in [-0.15, -0.1) is 0 Å². The lowest BCUT2D eigenvalue weighted by Crippen LogP contribution is -2.48. The van der Waals surface area contributed by atoms with E-state index in [-0.39, 0.29) is 13.0 Å². The molecule has 7 heteroatoms. The van der Waals surface area contributed by atoms with E-state index < -0.39 is 23.1 Å². The normalized spacial score (nSPS) is 15.9. The fourth-order valence-corrected chi connectivity index (χ4v) is 3.08. The van der Waals surface area contributed by atoms with Gasteiger partial charge in [-0.3, -0.25) is 4.79 Å². The average molecular weight is 380 g/mol. The van der Waals surface area contributed by atoms with Crippen LogP contribution in [0, 0.1) is 6.92 Å². The SMILES string of the molecule is Cc1ccc(C(F)(F)F)cc1COc1ccc(C2(CC(=O)O)COC2)cc1. The topological polar surface area (TPSA) is 55.8 Å². The van der Waals surface area contributed by atoms with Crippen molar-refractivity contribution in [2.24, 2.45) is 0 Å². The van der Waals surface area contributed by atoms with Crippen molar-refractivity contribution < 1.29 is 32.5 Å². The van der Waals surface area contributed by atoms with Crippen molar-refractivity contribution in [3.05, 3.63) is 64.7 Å². The Morgan fingerprint density at radius 3 is 2.37 bits per heavy atom. The zero-order chi connectivity index (χ0) is 19.7. The van der Waals surface area contributed by atoms with Gasteiger partial charge in [-0.05, 0) is 47.9 Å². The highest BCUT2D eigenvalue weighted by atomic mass is 19.4. The number of carboxylic acids is 1. The molecule has 0 saturated carbocycles. The van der Waals surface area contributed by atoms with Crippen LogP contribution in [-0.4, -0.2) is 24.3 Å². The summed E-state index contributed by atoms with van der Waals surface area (Å²) < 4.78 is 49.4. The number of aliphatic carboxylic acids is 1. The molecule has 1 N–H and O–H groups in total. The third kappa shape index (κ3) is 4.24. The molecule has 2 aromatic rings. The van der Waals surface area contributed by atoms with E-state index in [0.717, 1.165) is 17.7 Å². The van der Waals surface area contributed by atoms with Crippen LogP contribution in [-0.2, 0) is 27.7 Å². The molecule has 4 nitrogen and oxygen atoms in total. The van der Waals surface area contributed by atoms with Crippen LogP contribution in [0.5, 0.6) is 5.75 Å². The van der Waals surface area contributed by atoms with E-state index >= 15 is 0 Å². The van der Waals surface area contributed by atoms with Gasteiger partial charge in [-0.2, -0.15) is 13.2 Å². The molecule has 0 unspecified atom stereocenters. The number of hydrogen-bond donors (Lipinski definition) is 1. The quantitative estimate of drug-likeness (QED) is 0.810. The summed E-state index contributed by atoms with van der Waals surface area (Å²) in [7, 11) is 0. The minimum Gasteiger partial charge on any atom is -0.489 e. The Labute approximate surface area is 154 Å². The number of aryl methyl sites for hydroxylation is 1. The molecule has 0 radical (unpaired) electrons. The van der Waals surface area contributed by atoms with Crippen LogP contribution in [0.25, 0.3) is 0 Å². The molecular formula is C20H19F3O4. The number of alkyl halides is 3. The number of rotatable bonds is 6. The molecule has 0 aromatic heterocycles. The van der Waals surface area contributed by atoms with Crippen molar-refractivity contribution in [2.45, 2.75) is 31.5 Å². The molecule has 2 aromatic carbocycles. The highest BCUT2D eigenvalue weighted by Gasteiger charge is 2.42. The van der Waals surface area contributed by atoms with Gasteiger partial charge in [-0.1, -0.05) is 18.2 Å². The van der Waals surface area contributed by atoms with Gasteiger partial charge in [-0.25, -0.2) is 0 Å². The van der Waals surface area contributed by atoms with E-state index in [9.17, 15) is 18.0 Å². The van der Waals surface area contributed by atoms with Crippen LogP contribution in [0.4, 0.5) is 13.2 Å². The zero-order valence-electron chi connectivity index (χ0n) is 14.7. The van der Waals surface area contributed by atoms with Crippen molar-refractivity contribution in [2.75, 3.05) is 13.2 Å². The van der Waals surface area contributed by atoms with Crippen molar-refractivity contribution in [1.82, 2.24) is 0 Å². The summed E-state index contributed by atoms with van der Waals surface area (Å²) in [4.78, 5) is 11.1. The summed E-state index contributed by atoms with van der Waals surface area (Å²) in [6, 6.07) is 10.5. The largest absolute Gasteiger partial charge is 0.489 e. The van der Waals surface area contributed by atoms with E-state index in [1.807, 2.05) is 0 Å².